The van der Waals surface area contributed by atoms with Crippen LogP contribution in [0.2, 0.25) is 0 Å². The molecule has 1 aromatic carbocycles. The number of aromatic nitrogens is 4. The average molecular weight is 324 g/mol. The topological polar surface area (TPSA) is 49.6 Å². The average Bonchev–Trinajstić information content (AvgIpc) is 3.31. The molecular formula is C17H17FN6. The van der Waals surface area contributed by atoms with E-state index in [0.717, 1.165) is 36.5 Å². The molecule has 0 N–H and O–H groups in total. The van der Waals surface area contributed by atoms with Gasteiger partial charge >= 0.3 is 0 Å². The second kappa shape index (κ2) is 5.24. The molecule has 0 spiro atoms. The van der Waals surface area contributed by atoms with E-state index in [0.29, 0.717) is 18.6 Å². The monoisotopic (exact) mass is 324 g/mol. The number of halogens is 1. The molecule has 4 heterocycles. The van der Waals surface area contributed by atoms with Crippen molar-refractivity contribution < 1.29 is 4.39 Å². The first-order valence-electron chi connectivity index (χ1n) is 8.18. The molecule has 2 fully saturated rings. The molecule has 5 rings (SSSR count). The highest BCUT2D eigenvalue weighted by molar-refractivity contribution is 5.64. The van der Waals surface area contributed by atoms with Crippen LogP contribution in [0.25, 0.3) is 5.65 Å². The lowest BCUT2D eigenvalue weighted by molar-refractivity contribution is 0.227. The number of piperazine rings is 1. The fourth-order valence-corrected chi connectivity index (χ4v) is 4.00. The van der Waals surface area contributed by atoms with Crippen LogP contribution < -0.4 is 4.90 Å². The Morgan fingerprint density at radius 3 is 2.92 bits per heavy atom. The number of hydrogen-bond donors (Lipinski definition) is 0. The van der Waals surface area contributed by atoms with Gasteiger partial charge < -0.3 is 4.90 Å². The maximum absolute atomic E-state index is 13.9. The Hall–Kier alpha value is -2.54. The summed E-state index contributed by atoms with van der Waals surface area (Å²) in [7, 11) is 0. The van der Waals surface area contributed by atoms with Gasteiger partial charge in [-0.25, -0.2) is 9.37 Å². The second-order valence-electron chi connectivity index (χ2n) is 6.53. The van der Waals surface area contributed by atoms with Gasteiger partial charge in [-0.1, -0.05) is 18.2 Å². The van der Waals surface area contributed by atoms with Crippen molar-refractivity contribution in [2.24, 2.45) is 0 Å². The molecule has 2 aromatic heterocycles. The van der Waals surface area contributed by atoms with Gasteiger partial charge in [0.2, 0.25) is 5.65 Å². The highest BCUT2D eigenvalue weighted by atomic mass is 19.1. The summed E-state index contributed by atoms with van der Waals surface area (Å²) in [6.45, 7) is 2.50. The number of rotatable bonds is 3. The van der Waals surface area contributed by atoms with Crippen LogP contribution in [-0.4, -0.2) is 49.7 Å². The molecule has 2 bridgehead atoms. The molecule has 0 aliphatic carbocycles. The third-order valence-corrected chi connectivity index (χ3v) is 5.15. The van der Waals surface area contributed by atoms with Crippen molar-refractivity contribution in [3.63, 3.8) is 0 Å². The van der Waals surface area contributed by atoms with Crippen molar-refractivity contribution in [3.8, 4) is 0 Å². The van der Waals surface area contributed by atoms with Crippen LogP contribution >= 0.6 is 0 Å². The molecule has 2 saturated heterocycles. The Morgan fingerprint density at radius 2 is 2.08 bits per heavy atom. The van der Waals surface area contributed by atoms with Crippen LogP contribution in [-0.2, 0) is 6.54 Å². The summed E-state index contributed by atoms with van der Waals surface area (Å²) in [6.07, 6.45) is 6.43. The molecule has 7 heteroatoms. The molecule has 122 valence electrons. The number of anilines is 1. The minimum Gasteiger partial charge on any atom is -0.348 e. The Bertz CT molecular complexity index is 893. The van der Waals surface area contributed by atoms with Crippen LogP contribution in [0.15, 0.2) is 43.0 Å². The van der Waals surface area contributed by atoms with Crippen molar-refractivity contribution in [2.45, 2.75) is 25.0 Å². The number of hydrogen-bond acceptors (Lipinski definition) is 5. The van der Waals surface area contributed by atoms with Crippen LogP contribution in [0.4, 0.5) is 10.2 Å². The zero-order valence-corrected chi connectivity index (χ0v) is 13.1. The highest BCUT2D eigenvalue weighted by Gasteiger charge is 2.44. The highest BCUT2D eigenvalue weighted by Crippen LogP contribution is 2.35. The Morgan fingerprint density at radius 1 is 1.17 bits per heavy atom. The third kappa shape index (κ3) is 2.08. The zero-order valence-electron chi connectivity index (χ0n) is 13.1. The summed E-state index contributed by atoms with van der Waals surface area (Å²) in [6, 6.07) is 7.87. The maximum atomic E-state index is 13.9. The van der Waals surface area contributed by atoms with Crippen molar-refractivity contribution >= 4 is 11.5 Å². The fraction of sp³-hybridized carbons (Fsp3) is 0.353. The van der Waals surface area contributed by atoms with Gasteiger partial charge in [-0.15, -0.1) is 10.2 Å². The van der Waals surface area contributed by atoms with Crippen molar-refractivity contribution in [1.29, 1.82) is 0 Å². The van der Waals surface area contributed by atoms with E-state index < -0.39 is 0 Å². The smallest absolute Gasteiger partial charge is 0.203 e. The van der Waals surface area contributed by atoms with Crippen LogP contribution in [0, 0.1) is 5.82 Å². The molecule has 0 radical (unpaired) electrons. The largest absolute Gasteiger partial charge is 0.348 e. The van der Waals surface area contributed by atoms with E-state index >= 15 is 0 Å². The molecule has 24 heavy (non-hydrogen) atoms. The summed E-state index contributed by atoms with van der Waals surface area (Å²) in [4.78, 5) is 9.23. The molecule has 2 aliphatic heterocycles. The molecule has 2 aliphatic rings. The summed E-state index contributed by atoms with van der Waals surface area (Å²) in [5.41, 5.74) is 1.57. The standard InChI is InChI=1S/C17H17FN6/c18-15-4-2-1-3-12(15)8-23-9-14-7-13(23)10-24(14)16-17-21-20-11-22(17)6-5-19-16/h1-6,11,13-14H,7-10H2. The first-order valence-corrected chi connectivity index (χ1v) is 8.18. The predicted molar refractivity (Wildman–Crippen MR) is 87.1 cm³/mol. The summed E-state index contributed by atoms with van der Waals surface area (Å²) in [5.74, 6) is 0.778. The maximum Gasteiger partial charge on any atom is 0.203 e. The SMILES string of the molecule is Fc1ccccc1CN1CC2CC1CN2c1nccn2cnnc12. The lowest BCUT2D eigenvalue weighted by Gasteiger charge is -2.34. The minimum absolute atomic E-state index is 0.118. The Kier molecular flexibility index (Phi) is 3.02. The van der Waals surface area contributed by atoms with Crippen LogP contribution in [0.3, 0.4) is 0 Å². The first kappa shape index (κ1) is 13.9. The normalized spacial score (nSPS) is 23.5. The number of fused-ring (bicyclic) bond motifs is 3. The van der Waals surface area contributed by atoms with Gasteiger partial charge in [0.1, 0.15) is 12.1 Å². The van der Waals surface area contributed by atoms with Gasteiger partial charge in [-0.05, 0) is 12.5 Å². The lowest BCUT2D eigenvalue weighted by Crippen LogP contribution is -2.46. The number of nitrogens with zero attached hydrogens (tertiary/aromatic N) is 6. The van der Waals surface area contributed by atoms with E-state index in [1.165, 1.54) is 6.07 Å². The summed E-state index contributed by atoms with van der Waals surface area (Å²) < 4.78 is 15.8. The van der Waals surface area contributed by atoms with Gasteiger partial charge in [0.25, 0.3) is 0 Å². The van der Waals surface area contributed by atoms with Gasteiger partial charge in [0.15, 0.2) is 5.82 Å². The van der Waals surface area contributed by atoms with E-state index in [2.05, 4.69) is 25.0 Å². The molecule has 3 aromatic rings. The third-order valence-electron chi connectivity index (χ3n) is 5.15. The quantitative estimate of drug-likeness (QED) is 0.734. The Labute approximate surface area is 138 Å². The molecule has 0 amide bonds. The van der Waals surface area contributed by atoms with E-state index in [1.54, 1.807) is 18.6 Å². The van der Waals surface area contributed by atoms with Crippen molar-refractivity contribution in [2.75, 3.05) is 18.0 Å². The summed E-state index contributed by atoms with van der Waals surface area (Å²) >= 11 is 0. The van der Waals surface area contributed by atoms with Crippen molar-refractivity contribution in [1.82, 2.24) is 24.5 Å². The summed E-state index contributed by atoms with van der Waals surface area (Å²) in [5, 5.41) is 8.16. The second-order valence-corrected chi connectivity index (χ2v) is 6.53. The zero-order chi connectivity index (χ0) is 16.1. The number of likely N-dealkylation sites (tertiary alicyclic amines) is 1. The van der Waals surface area contributed by atoms with E-state index in [-0.39, 0.29) is 5.82 Å². The first-order chi connectivity index (χ1) is 11.8. The van der Waals surface area contributed by atoms with Gasteiger partial charge in [-0.3, -0.25) is 9.30 Å². The van der Waals surface area contributed by atoms with Crippen LogP contribution in [0.5, 0.6) is 0 Å². The minimum atomic E-state index is -0.118. The van der Waals surface area contributed by atoms with Gasteiger partial charge in [0.05, 0.1) is 0 Å². The van der Waals surface area contributed by atoms with E-state index in [4.69, 9.17) is 0 Å². The fourth-order valence-electron chi connectivity index (χ4n) is 4.00. The number of benzene rings is 1. The Balaban J connectivity index is 1.37. The van der Waals surface area contributed by atoms with E-state index in [1.807, 2.05) is 22.7 Å². The molecule has 6 nitrogen and oxygen atoms in total. The molecule has 2 unspecified atom stereocenters. The lowest BCUT2D eigenvalue weighted by atomic mass is 10.2. The van der Waals surface area contributed by atoms with Crippen molar-refractivity contribution in [3.05, 3.63) is 54.4 Å². The van der Waals surface area contributed by atoms with Crippen LogP contribution in [0.1, 0.15) is 12.0 Å². The molecule has 2 atom stereocenters. The predicted octanol–water partition coefficient (Wildman–Crippen LogP) is 1.73. The molecule has 0 saturated carbocycles. The van der Waals surface area contributed by atoms with E-state index in [9.17, 15) is 4.39 Å². The molecular weight excluding hydrogens is 307 g/mol. The van der Waals surface area contributed by atoms with Gasteiger partial charge in [-0.2, -0.15) is 0 Å². The van der Waals surface area contributed by atoms with Gasteiger partial charge in [0, 0.05) is 49.7 Å².